The van der Waals surface area contributed by atoms with Crippen molar-refractivity contribution < 1.29 is 4.92 Å². The number of aromatic amines is 1. The lowest BCUT2D eigenvalue weighted by Crippen LogP contribution is -1.87. The van der Waals surface area contributed by atoms with Crippen LogP contribution in [0.2, 0.25) is 0 Å². The monoisotopic (exact) mass is 269 g/mol. The van der Waals surface area contributed by atoms with Crippen LogP contribution in [0.4, 0.5) is 5.69 Å². The van der Waals surface area contributed by atoms with Gasteiger partial charge in [0.15, 0.2) is 0 Å². The molecule has 0 saturated heterocycles. The molecule has 5 nitrogen and oxygen atoms in total. The third-order valence-corrected chi connectivity index (χ3v) is 2.84. The molecule has 2 aromatic carbocycles. The summed E-state index contributed by atoms with van der Waals surface area (Å²) in [5, 5.41) is 10.6. The predicted molar refractivity (Wildman–Crippen MR) is 79.5 cm³/mol. The summed E-state index contributed by atoms with van der Waals surface area (Å²) in [5.74, 6) is 0. The largest absolute Gasteiger partial charge is 0.345 e. The van der Waals surface area contributed by atoms with Gasteiger partial charge in [0, 0.05) is 17.7 Å². The number of rotatable bonds is 2. The molecular weight excluding hydrogens is 254 g/mol. The Balaban J connectivity index is 0.000000704. The van der Waals surface area contributed by atoms with E-state index in [-0.39, 0.29) is 5.69 Å². The summed E-state index contributed by atoms with van der Waals surface area (Å²) in [6, 6.07) is 12.3. The maximum Gasteiger partial charge on any atom is 0.269 e. The van der Waals surface area contributed by atoms with Crippen LogP contribution in [0.15, 0.2) is 48.8 Å². The molecule has 3 aromatic rings. The first-order valence-corrected chi connectivity index (χ1v) is 6.42. The highest BCUT2D eigenvalue weighted by molar-refractivity contribution is 5.91. The van der Waals surface area contributed by atoms with Gasteiger partial charge in [0.1, 0.15) is 0 Å². The second-order valence-electron chi connectivity index (χ2n) is 3.91. The Kier molecular flexibility index (Phi) is 4.10. The van der Waals surface area contributed by atoms with Crippen LogP contribution >= 0.6 is 0 Å². The summed E-state index contributed by atoms with van der Waals surface area (Å²) in [6.07, 6.45) is 1.64. The van der Waals surface area contributed by atoms with Gasteiger partial charge in [-0.3, -0.25) is 10.1 Å². The maximum atomic E-state index is 10.6. The normalized spacial score (nSPS) is 9.90. The number of nitrogens with one attached hydrogen (secondary N) is 1. The minimum absolute atomic E-state index is 0.0907. The van der Waals surface area contributed by atoms with Gasteiger partial charge in [0.05, 0.1) is 22.3 Å². The van der Waals surface area contributed by atoms with Crippen molar-refractivity contribution in [3.8, 4) is 11.1 Å². The fourth-order valence-corrected chi connectivity index (χ4v) is 1.96. The molecule has 0 bridgehead atoms. The van der Waals surface area contributed by atoms with Gasteiger partial charge in [0.2, 0.25) is 0 Å². The van der Waals surface area contributed by atoms with Crippen LogP contribution in [0.5, 0.6) is 0 Å². The number of H-pyrrole nitrogens is 1. The molecule has 0 unspecified atom stereocenters. The van der Waals surface area contributed by atoms with Crippen molar-refractivity contribution in [3.63, 3.8) is 0 Å². The van der Waals surface area contributed by atoms with Gasteiger partial charge in [-0.1, -0.05) is 26.0 Å². The first-order valence-electron chi connectivity index (χ1n) is 6.42. The standard InChI is InChI=1S/C13H9N3O2.C2H6/c17-16(18)10-6-4-9(5-7-10)11-2-1-3-12-13(11)15-8-14-12;1-2/h1-8H,(H,14,15);1-2H3. The summed E-state index contributed by atoms with van der Waals surface area (Å²) >= 11 is 0. The van der Waals surface area contributed by atoms with Crippen molar-refractivity contribution in [2.75, 3.05) is 0 Å². The molecule has 5 heteroatoms. The van der Waals surface area contributed by atoms with E-state index in [2.05, 4.69) is 9.97 Å². The highest BCUT2D eigenvalue weighted by Gasteiger charge is 2.08. The topological polar surface area (TPSA) is 71.8 Å². The Morgan fingerprint density at radius 1 is 1.10 bits per heavy atom. The van der Waals surface area contributed by atoms with E-state index in [1.54, 1.807) is 18.5 Å². The summed E-state index contributed by atoms with van der Waals surface area (Å²) in [7, 11) is 0. The number of hydrogen-bond acceptors (Lipinski definition) is 3. The number of hydrogen-bond donors (Lipinski definition) is 1. The first kappa shape index (κ1) is 13.7. The Bertz CT molecular complexity index is 717. The molecular formula is C15H15N3O2. The molecule has 0 saturated carbocycles. The van der Waals surface area contributed by atoms with Gasteiger partial charge in [-0.2, -0.15) is 0 Å². The number of imidazole rings is 1. The van der Waals surface area contributed by atoms with Crippen LogP contribution in [0.3, 0.4) is 0 Å². The molecule has 0 amide bonds. The highest BCUT2D eigenvalue weighted by Crippen LogP contribution is 2.27. The molecule has 0 aliphatic carbocycles. The fourth-order valence-electron chi connectivity index (χ4n) is 1.96. The maximum absolute atomic E-state index is 10.6. The number of fused-ring (bicyclic) bond motifs is 1. The van der Waals surface area contributed by atoms with E-state index in [1.165, 1.54) is 12.1 Å². The average molecular weight is 269 g/mol. The molecule has 0 radical (unpaired) electrons. The van der Waals surface area contributed by atoms with E-state index >= 15 is 0 Å². The third-order valence-electron chi connectivity index (χ3n) is 2.84. The molecule has 1 N–H and O–H groups in total. The van der Waals surface area contributed by atoms with Gasteiger partial charge >= 0.3 is 0 Å². The molecule has 3 rings (SSSR count). The van der Waals surface area contributed by atoms with Gasteiger partial charge in [-0.25, -0.2) is 4.98 Å². The van der Waals surface area contributed by atoms with Crippen molar-refractivity contribution in [2.45, 2.75) is 13.8 Å². The third kappa shape index (κ3) is 2.51. The summed E-state index contributed by atoms with van der Waals surface area (Å²) in [4.78, 5) is 17.5. The van der Waals surface area contributed by atoms with Crippen LogP contribution in [0.25, 0.3) is 22.2 Å². The van der Waals surface area contributed by atoms with E-state index in [0.29, 0.717) is 0 Å². The summed E-state index contributed by atoms with van der Waals surface area (Å²) in [6.45, 7) is 4.00. The van der Waals surface area contributed by atoms with Gasteiger partial charge < -0.3 is 4.98 Å². The summed E-state index contributed by atoms with van der Waals surface area (Å²) in [5.41, 5.74) is 3.78. The minimum atomic E-state index is -0.404. The molecule has 102 valence electrons. The van der Waals surface area contributed by atoms with Crippen LogP contribution in [0, 0.1) is 10.1 Å². The minimum Gasteiger partial charge on any atom is -0.345 e. The molecule has 0 atom stereocenters. The van der Waals surface area contributed by atoms with Crippen molar-refractivity contribution in [1.82, 2.24) is 9.97 Å². The zero-order valence-corrected chi connectivity index (χ0v) is 11.3. The average Bonchev–Trinajstić information content (AvgIpc) is 2.98. The van der Waals surface area contributed by atoms with Crippen molar-refractivity contribution >= 4 is 16.7 Å². The van der Waals surface area contributed by atoms with Gasteiger partial charge in [0.25, 0.3) is 5.69 Å². The second-order valence-corrected chi connectivity index (χ2v) is 3.91. The van der Waals surface area contributed by atoms with Crippen LogP contribution in [-0.4, -0.2) is 14.9 Å². The van der Waals surface area contributed by atoms with E-state index in [4.69, 9.17) is 0 Å². The number of non-ortho nitro benzene ring substituents is 1. The van der Waals surface area contributed by atoms with E-state index in [1.807, 2.05) is 32.0 Å². The number of aromatic nitrogens is 2. The quantitative estimate of drug-likeness (QED) is 0.560. The van der Waals surface area contributed by atoms with Gasteiger partial charge in [-0.05, 0) is 23.8 Å². The Hall–Kier alpha value is -2.69. The molecule has 0 aliphatic rings. The molecule has 1 heterocycles. The van der Waals surface area contributed by atoms with Crippen molar-refractivity contribution in [1.29, 1.82) is 0 Å². The lowest BCUT2D eigenvalue weighted by molar-refractivity contribution is -0.384. The molecule has 0 fully saturated rings. The predicted octanol–water partition coefficient (Wildman–Crippen LogP) is 4.16. The highest BCUT2D eigenvalue weighted by atomic mass is 16.6. The Morgan fingerprint density at radius 2 is 1.80 bits per heavy atom. The number of benzene rings is 2. The van der Waals surface area contributed by atoms with E-state index in [9.17, 15) is 10.1 Å². The van der Waals surface area contributed by atoms with Crippen LogP contribution < -0.4 is 0 Å². The molecule has 0 spiro atoms. The number of nitro benzene ring substituents is 1. The van der Waals surface area contributed by atoms with Crippen LogP contribution in [0.1, 0.15) is 13.8 Å². The van der Waals surface area contributed by atoms with Gasteiger partial charge in [-0.15, -0.1) is 0 Å². The van der Waals surface area contributed by atoms with E-state index < -0.39 is 4.92 Å². The summed E-state index contributed by atoms with van der Waals surface area (Å²) < 4.78 is 0. The first-order chi connectivity index (χ1) is 9.75. The Morgan fingerprint density at radius 3 is 2.45 bits per heavy atom. The molecule has 0 aliphatic heterocycles. The van der Waals surface area contributed by atoms with Crippen molar-refractivity contribution in [3.05, 3.63) is 58.9 Å². The van der Waals surface area contributed by atoms with Crippen molar-refractivity contribution in [2.24, 2.45) is 0 Å². The Labute approximate surface area is 116 Å². The van der Waals surface area contributed by atoms with Crippen LogP contribution in [-0.2, 0) is 0 Å². The molecule has 20 heavy (non-hydrogen) atoms. The second kappa shape index (κ2) is 5.97. The lowest BCUT2D eigenvalue weighted by Gasteiger charge is -2.02. The number of para-hydroxylation sites is 1. The smallest absolute Gasteiger partial charge is 0.269 e. The lowest BCUT2D eigenvalue weighted by atomic mass is 10.0. The number of nitrogens with zero attached hydrogens (tertiary/aromatic N) is 2. The SMILES string of the molecule is CC.O=[N+]([O-])c1ccc(-c2cccc3[nH]cnc23)cc1. The zero-order chi connectivity index (χ0) is 14.5. The molecule has 1 aromatic heterocycles. The fraction of sp³-hybridized carbons (Fsp3) is 0.133. The zero-order valence-electron chi connectivity index (χ0n) is 11.3. The van der Waals surface area contributed by atoms with E-state index in [0.717, 1.165) is 22.2 Å². The number of nitro groups is 1.